The van der Waals surface area contributed by atoms with Crippen LogP contribution in [0.15, 0.2) is 37.9 Å². The van der Waals surface area contributed by atoms with E-state index in [4.69, 9.17) is 6.42 Å². The maximum atomic E-state index is 5.40. The molecule has 0 bridgehead atoms. The molecule has 19 heavy (non-hydrogen) atoms. The fourth-order valence-electron chi connectivity index (χ4n) is 1.35. The summed E-state index contributed by atoms with van der Waals surface area (Å²) in [5.74, 6) is 2.61. The van der Waals surface area contributed by atoms with E-state index in [9.17, 15) is 0 Å². The molecule has 0 atom stereocenters. The summed E-state index contributed by atoms with van der Waals surface area (Å²) >= 11 is 0. The molecule has 0 saturated heterocycles. The number of hydrogen-bond acceptors (Lipinski definition) is 0. The van der Waals surface area contributed by atoms with Crippen molar-refractivity contribution in [2.75, 3.05) is 0 Å². The molecular formula is C19H24. The van der Waals surface area contributed by atoms with E-state index in [0.717, 1.165) is 21.6 Å². The Morgan fingerprint density at radius 1 is 1.11 bits per heavy atom. The zero-order valence-corrected chi connectivity index (χ0v) is 12.6. The molecule has 0 heterocycles. The lowest BCUT2D eigenvalue weighted by molar-refractivity contribution is 1.48. The second kappa shape index (κ2) is 12.2. The molecule has 0 nitrogen and oxygen atoms in total. The third-order valence-corrected chi connectivity index (χ3v) is 2.08. The van der Waals surface area contributed by atoms with Crippen LogP contribution in [-0.2, 0) is 0 Å². The fraction of sp³-hybridized carbons (Fsp3) is 0.211. The highest BCUT2D eigenvalue weighted by Crippen LogP contribution is 2.03. The lowest BCUT2D eigenvalue weighted by atomic mass is 10.0. The highest BCUT2D eigenvalue weighted by Gasteiger charge is 1.96. The topological polar surface area (TPSA) is 0 Å². The van der Waals surface area contributed by atoms with Gasteiger partial charge in [0.1, 0.15) is 0 Å². The Morgan fingerprint density at radius 2 is 1.68 bits per heavy atom. The Labute approximate surface area is 118 Å². The van der Waals surface area contributed by atoms with Crippen molar-refractivity contribution in [3.05, 3.63) is 59.5 Å². The molecule has 0 aliphatic carbocycles. The number of allylic oxidation sites excluding steroid dienone is 1. The Balaban J connectivity index is 0. The number of benzene rings is 1. The quantitative estimate of drug-likeness (QED) is 0.700. The summed E-state index contributed by atoms with van der Waals surface area (Å²) in [6.07, 6.45) is 10.7. The van der Waals surface area contributed by atoms with Crippen LogP contribution in [0.5, 0.6) is 0 Å². The van der Waals surface area contributed by atoms with E-state index in [1.54, 1.807) is 12.2 Å². The zero-order valence-electron chi connectivity index (χ0n) is 12.6. The molecule has 1 rings (SSSR count). The molecule has 0 fully saturated rings. The van der Waals surface area contributed by atoms with Crippen molar-refractivity contribution in [3.8, 4) is 12.3 Å². The van der Waals surface area contributed by atoms with E-state index in [2.05, 4.69) is 31.4 Å². The van der Waals surface area contributed by atoms with Crippen LogP contribution in [0, 0.1) is 12.3 Å². The summed E-state index contributed by atoms with van der Waals surface area (Å²) in [5.41, 5.74) is 4.59. The van der Waals surface area contributed by atoms with Gasteiger partial charge in [0.05, 0.1) is 0 Å². The standard InChI is InChI=1S/C15H12.2C2H6/c1-5-9-15-11-13(7-3)12(6-2)10-14(15)8-4;2*1-2/h2,5,7,9-11H,1,3-4H2;2*1-2H3/b15-9-;;. The van der Waals surface area contributed by atoms with Crippen LogP contribution in [0.3, 0.4) is 0 Å². The maximum Gasteiger partial charge on any atom is 0.0327 e. The van der Waals surface area contributed by atoms with Crippen LogP contribution in [0.4, 0.5) is 0 Å². The normalized spacial score (nSPS) is 8.68. The monoisotopic (exact) mass is 252 g/mol. The second-order valence-electron chi connectivity index (χ2n) is 2.95. The van der Waals surface area contributed by atoms with E-state index >= 15 is 0 Å². The van der Waals surface area contributed by atoms with Crippen molar-refractivity contribution in [1.82, 2.24) is 0 Å². The van der Waals surface area contributed by atoms with Gasteiger partial charge >= 0.3 is 0 Å². The first kappa shape index (κ1) is 19.1. The van der Waals surface area contributed by atoms with Gasteiger partial charge in [0.2, 0.25) is 0 Å². The summed E-state index contributed by atoms with van der Waals surface area (Å²) in [4.78, 5) is 0. The van der Waals surface area contributed by atoms with Crippen LogP contribution >= 0.6 is 0 Å². The largest absolute Gasteiger partial charge is 0.120 e. The molecule has 0 radical (unpaired) electrons. The first-order chi connectivity index (χ1) is 9.26. The van der Waals surface area contributed by atoms with Crippen molar-refractivity contribution in [1.29, 1.82) is 0 Å². The van der Waals surface area contributed by atoms with Crippen LogP contribution in [0.2, 0.25) is 0 Å². The predicted octanol–water partition coefficient (Wildman–Crippen LogP) is 3.90. The predicted molar refractivity (Wildman–Crippen MR) is 90.1 cm³/mol. The molecule has 0 N–H and O–H groups in total. The van der Waals surface area contributed by atoms with Gasteiger partial charge in [-0.05, 0) is 22.9 Å². The summed E-state index contributed by atoms with van der Waals surface area (Å²) in [5, 5.41) is 1.88. The summed E-state index contributed by atoms with van der Waals surface area (Å²) in [7, 11) is 0. The lowest BCUT2D eigenvalue weighted by Crippen LogP contribution is -2.24. The molecule has 0 aromatic heterocycles. The minimum absolute atomic E-state index is 0.803. The summed E-state index contributed by atoms with van der Waals surface area (Å²) in [6, 6.07) is 3.83. The molecule has 1 aromatic rings. The highest BCUT2D eigenvalue weighted by molar-refractivity contribution is 5.59. The zero-order chi connectivity index (χ0) is 15.3. The Hall–Kier alpha value is -2.22. The first-order valence-corrected chi connectivity index (χ1v) is 6.52. The molecule has 1 aromatic carbocycles. The van der Waals surface area contributed by atoms with Crippen LogP contribution in [-0.4, -0.2) is 0 Å². The van der Waals surface area contributed by atoms with E-state index in [1.807, 2.05) is 45.9 Å². The average Bonchev–Trinajstić information content (AvgIpc) is 2.51. The lowest BCUT2D eigenvalue weighted by Gasteiger charge is -1.98. The molecule has 100 valence electrons. The van der Waals surface area contributed by atoms with E-state index in [1.165, 1.54) is 0 Å². The highest BCUT2D eigenvalue weighted by atomic mass is 14.0. The molecule has 0 aliphatic rings. The third kappa shape index (κ3) is 5.77. The van der Waals surface area contributed by atoms with Crippen LogP contribution in [0.25, 0.3) is 17.9 Å². The van der Waals surface area contributed by atoms with Gasteiger partial charge in [-0.2, -0.15) is 0 Å². The minimum Gasteiger partial charge on any atom is -0.120 e. The van der Waals surface area contributed by atoms with Crippen molar-refractivity contribution < 1.29 is 0 Å². The van der Waals surface area contributed by atoms with Gasteiger partial charge in [0.15, 0.2) is 0 Å². The number of rotatable bonds is 2. The molecule has 0 spiro atoms. The van der Waals surface area contributed by atoms with Gasteiger partial charge in [-0.1, -0.05) is 71.6 Å². The molecule has 0 aliphatic heterocycles. The molecule has 0 amide bonds. The average molecular weight is 252 g/mol. The molecule has 0 heteroatoms. The summed E-state index contributed by atoms with van der Waals surface area (Å²) in [6.45, 7) is 19.0. The van der Waals surface area contributed by atoms with Gasteiger partial charge in [0, 0.05) is 10.8 Å². The SMILES string of the molecule is C#Cc1cc(=C=C)/c(=C\C=C)cc1C=C.CC.CC. The fourth-order valence-corrected chi connectivity index (χ4v) is 1.35. The minimum atomic E-state index is 0.803. The molecular weight excluding hydrogens is 228 g/mol. The molecule has 0 saturated carbocycles. The number of hydrogen-bond donors (Lipinski definition) is 0. The van der Waals surface area contributed by atoms with Gasteiger partial charge in [-0.15, -0.1) is 12.2 Å². The van der Waals surface area contributed by atoms with Gasteiger partial charge < -0.3 is 0 Å². The molecule has 0 unspecified atom stereocenters. The maximum absolute atomic E-state index is 5.40. The Morgan fingerprint density at radius 3 is 2.05 bits per heavy atom. The summed E-state index contributed by atoms with van der Waals surface area (Å²) < 4.78 is 0. The Bertz CT molecular complexity index is 574. The van der Waals surface area contributed by atoms with E-state index in [-0.39, 0.29) is 0 Å². The van der Waals surface area contributed by atoms with Crippen LogP contribution < -0.4 is 10.4 Å². The third-order valence-electron chi connectivity index (χ3n) is 2.08. The van der Waals surface area contributed by atoms with Gasteiger partial charge in [0.25, 0.3) is 0 Å². The van der Waals surface area contributed by atoms with Gasteiger partial charge in [-0.25, -0.2) is 0 Å². The Kier molecular flexibility index (Phi) is 12.3. The second-order valence-corrected chi connectivity index (χ2v) is 2.95. The van der Waals surface area contributed by atoms with Crippen molar-refractivity contribution >= 4 is 17.9 Å². The van der Waals surface area contributed by atoms with Crippen LogP contribution in [0.1, 0.15) is 38.8 Å². The van der Waals surface area contributed by atoms with Crippen molar-refractivity contribution in [2.24, 2.45) is 0 Å². The number of terminal acetylenes is 1. The van der Waals surface area contributed by atoms with E-state index < -0.39 is 0 Å². The van der Waals surface area contributed by atoms with Crippen molar-refractivity contribution in [3.63, 3.8) is 0 Å². The van der Waals surface area contributed by atoms with E-state index in [0.29, 0.717) is 0 Å². The smallest absolute Gasteiger partial charge is 0.0327 e. The van der Waals surface area contributed by atoms with Gasteiger partial charge in [-0.3, -0.25) is 0 Å². The van der Waals surface area contributed by atoms with Crippen molar-refractivity contribution in [2.45, 2.75) is 27.7 Å². The first-order valence-electron chi connectivity index (χ1n) is 6.52.